The molecule has 3 aliphatic rings. The molecule has 0 aromatic heterocycles. The minimum atomic E-state index is 0.658. The van der Waals surface area contributed by atoms with Crippen LogP contribution in [-0.2, 0) is 0 Å². The van der Waals surface area contributed by atoms with Crippen LogP contribution in [0.1, 0.15) is 23.7 Å². The van der Waals surface area contributed by atoms with Gasteiger partial charge in [-0.2, -0.15) is 0 Å². The van der Waals surface area contributed by atoms with Gasteiger partial charge in [0.15, 0.2) is 0 Å². The highest BCUT2D eigenvalue weighted by Crippen LogP contribution is 2.50. The molecule has 1 saturated heterocycles. The molecule has 0 saturated carbocycles. The predicted molar refractivity (Wildman–Crippen MR) is 67.4 cm³/mol. The smallest absolute Gasteiger partial charge is 0.0406 e. The third kappa shape index (κ3) is 1.83. The number of benzene rings is 1. The standard InChI is InChI=1S/C13H13ClS/c14-11-5-1-9(2-6-11)13-10-3-7-12(15-13)8-4-10/h1-3,5-7,10,12-13H,4,8H2/t10-,12+,13-/m1/s1. The Balaban J connectivity index is 1.89. The van der Waals surface area contributed by atoms with Gasteiger partial charge in [-0.3, -0.25) is 0 Å². The monoisotopic (exact) mass is 236 g/mol. The van der Waals surface area contributed by atoms with Gasteiger partial charge in [0.2, 0.25) is 0 Å². The van der Waals surface area contributed by atoms with Crippen molar-refractivity contribution in [3.05, 3.63) is 47.0 Å². The quantitative estimate of drug-likeness (QED) is 0.649. The third-order valence-corrected chi connectivity index (χ3v) is 5.18. The maximum absolute atomic E-state index is 5.91. The molecule has 2 aliphatic heterocycles. The molecule has 3 atom stereocenters. The van der Waals surface area contributed by atoms with Gasteiger partial charge in [-0.1, -0.05) is 35.9 Å². The van der Waals surface area contributed by atoms with Gasteiger partial charge in [-0.25, -0.2) is 0 Å². The molecule has 15 heavy (non-hydrogen) atoms. The van der Waals surface area contributed by atoms with Crippen molar-refractivity contribution in [3.8, 4) is 0 Å². The van der Waals surface area contributed by atoms with E-state index in [1.54, 1.807) is 0 Å². The van der Waals surface area contributed by atoms with E-state index >= 15 is 0 Å². The number of fused-ring (bicyclic) bond motifs is 2. The maximum atomic E-state index is 5.91. The van der Waals surface area contributed by atoms with Crippen LogP contribution in [-0.4, -0.2) is 5.25 Å². The lowest BCUT2D eigenvalue weighted by Gasteiger charge is -2.37. The van der Waals surface area contributed by atoms with E-state index in [1.807, 2.05) is 12.1 Å². The second-order valence-electron chi connectivity index (χ2n) is 4.27. The van der Waals surface area contributed by atoms with Crippen molar-refractivity contribution in [2.24, 2.45) is 5.92 Å². The number of allylic oxidation sites excluding steroid dienone is 1. The zero-order valence-corrected chi connectivity index (χ0v) is 9.97. The summed E-state index contributed by atoms with van der Waals surface area (Å²) >= 11 is 8.02. The van der Waals surface area contributed by atoms with Crippen LogP contribution in [0.4, 0.5) is 0 Å². The highest BCUT2D eigenvalue weighted by atomic mass is 35.5. The normalized spacial score (nSPS) is 33.3. The molecule has 0 N–H and O–H groups in total. The SMILES string of the molecule is Clc1ccc([C@H]2S[C@H]3C=C[C@@H]2CC3)cc1. The number of rotatable bonds is 1. The Hall–Kier alpha value is -0.400. The van der Waals surface area contributed by atoms with Crippen molar-refractivity contribution in [1.82, 2.24) is 0 Å². The largest absolute Gasteiger partial charge is 0.146 e. The van der Waals surface area contributed by atoms with Crippen molar-refractivity contribution in [3.63, 3.8) is 0 Å². The first-order chi connectivity index (χ1) is 7.33. The lowest BCUT2D eigenvalue weighted by Crippen LogP contribution is -2.23. The zero-order chi connectivity index (χ0) is 10.3. The molecule has 0 spiro atoms. The first-order valence-corrected chi connectivity index (χ1v) is 6.74. The number of hydrogen-bond acceptors (Lipinski definition) is 1. The highest BCUT2D eigenvalue weighted by Gasteiger charge is 2.33. The van der Waals surface area contributed by atoms with Crippen LogP contribution in [0, 0.1) is 5.92 Å². The molecule has 2 bridgehead atoms. The lowest BCUT2D eigenvalue weighted by atomic mass is 9.88. The molecule has 1 aromatic carbocycles. The van der Waals surface area contributed by atoms with Gasteiger partial charge in [0, 0.05) is 15.5 Å². The Kier molecular flexibility index (Phi) is 2.53. The lowest BCUT2D eigenvalue weighted by molar-refractivity contribution is 0.509. The molecule has 0 nitrogen and oxygen atoms in total. The van der Waals surface area contributed by atoms with E-state index in [0.717, 1.165) is 16.2 Å². The number of halogens is 1. The molecule has 78 valence electrons. The summed E-state index contributed by atoms with van der Waals surface area (Å²) in [5.41, 5.74) is 1.43. The predicted octanol–water partition coefficient (Wildman–Crippen LogP) is 4.46. The Morgan fingerprint density at radius 1 is 1.07 bits per heavy atom. The summed E-state index contributed by atoms with van der Waals surface area (Å²) in [6, 6.07) is 8.36. The van der Waals surface area contributed by atoms with Crippen LogP contribution in [0.2, 0.25) is 5.02 Å². The van der Waals surface area contributed by atoms with Gasteiger partial charge < -0.3 is 0 Å². The van der Waals surface area contributed by atoms with Gasteiger partial charge >= 0.3 is 0 Å². The third-order valence-electron chi connectivity index (χ3n) is 3.27. The topological polar surface area (TPSA) is 0 Å². The molecule has 0 unspecified atom stereocenters. The Morgan fingerprint density at radius 2 is 1.87 bits per heavy atom. The first-order valence-electron chi connectivity index (χ1n) is 5.42. The molecule has 1 aliphatic carbocycles. The van der Waals surface area contributed by atoms with Crippen LogP contribution in [0.5, 0.6) is 0 Å². The summed E-state index contributed by atoms with van der Waals surface area (Å²) in [6.45, 7) is 0. The van der Waals surface area contributed by atoms with Crippen LogP contribution in [0.15, 0.2) is 36.4 Å². The molecule has 2 heteroatoms. The Morgan fingerprint density at radius 3 is 2.40 bits per heavy atom. The molecular weight excluding hydrogens is 224 g/mol. The number of hydrogen-bond donors (Lipinski definition) is 0. The van der Waals surface area contributed by atoms with E-state index < -0.39 is 0 Å². The first kappa shape index (κ1) is 9.80. The van der Waals surface area contributed by atoms with E-state index in [2.05, 4.69) is 36.0 Å². The average Bonchev–Trinajstić information content (AvgIpc) is 2.31. The second-order valence-corrected chi connectivity index (χ2v) is 6.09. The summed E-state index contributed by atoms with van der Waals surface area (Å²) in [5.74, 6) is 0.737. The maximum Gasteiger partial charge on any atom is 0.0406 e. The van der Waals surface area contributed by atoms with Gasteiger partial charge in [-0.15, -0.1) is 11.8 Å². The molecule has 1 aromatic rings. The van der Waals surface area contributed by atoms with Gasteiger partial charge in [-0.05, 0) is 36.5 Å². The molecular formula is C13H13ClS. The minimum absolute atomic E-state index is 0.658. The summed E-state index contributed by atoms with van der Waals surface area (Å²) < 4.78 is 0. The van der Waals surface area contributed by atoms with Gasteiger partial charge in [0.1, 0.15) is 0 Å². The Labute approximate surface area is 99.7 Å². The molecule has 1 fully saturated rings. The van der Waals surface area contributed by atoms with Crippen LogP contribution in [0.3, 0.4) is 0 Å². The summed E-state index contributed by atoms with van der Waals surface area (Å²) in [7, 11) is 0. The van der Waals surface area contributed by atoms with E-state index in [1.165, 1.54) is 18.4 Å². The van der Waals surface area contributed by atoms with Crippen molar-refractivity contribution in [1.29, 1.82) is 0 Å². The van der Waals surface area contributed by atoms with E-state index in [9.17, 15) is 0 Å². The van der Waals surface area contributed by atoms with E-state index in [4.69, 9.17) is 11.6 Å². The van der Waals surface area contributed by atoms with Crippen molar-refractivity contribution in [2.45, 2.75) is 23.3 Å². The zero-order valence-electron chi connectivity index (χ0n) is 8.40. The van der Waals surface area contributed by atoms with Crippen molar-refractivity contribution in [2.75, 3.05) is 0 Å². The molecule has 0 radical (unpaired) electrons. The molecule has 4 rings (SSSR count). The Bertz CT molecular complexity index is 382. The summed E-state index contributed by atoms with van der Waals surface area (Å²) in [6.07, 6.45) is 7.49. The average molecular weight is 237 g/mol. The fraction of sp³-hybridized carbons (Fsp3) is 0.385. The molecule has 2 heterocycles. The fourth-order valence-electron chi connectivity index (χ4n) is 2.45. The summed E-state index contributed by atoms with van der Waals surface area (Å²) in [4.78, 5) is 0. The fourth-order valence-corrected chi connectivity index (χ4v) is 4.15. The van der Waals surface area contributed by atoms with Crippen LogP contribution >= 0.6 is 23.4 Å². The highest BCUT2D eigenvalue weighted by molar-refractivity contribution is 8.00. The number of thioether (sulfide) groups is 1. The van der Waals surface area contributed by atoms with Crippen molar-refractivity contribution < 1.29 is 0 Å². The summed E-state index contributed by atoms with van der Waals surface area (Å²) in [5, 5.41) is 2.24. The van der Waals surface area contributed by atoms with Crippen LogP contribution in [0.25, 0.3) is 0 Å². The van der Waals surface area contributed by atoms with Gasteiger partial charge in [0.25, 0.3) is 0 Å². The van der Waals surface area contributed by atoms with E-state index in [0.29, 0.717) is 5.25 Å². The van der Waals surface area contributed by atoms with Gasteiger partial charge in [0.05, 0.1) is 0 Å². The van der Waals surface area contributed by atoms with Crippen molar-refractivity contribution >= 4 is 23.4 Å². The van der Waals surface area contributed by atoms with Crippen LogP contribution < -0.4 is 0 Å². The van der Waals surface area contributed by atoms with E-state index in [-0.39, 0.29) is 0 Å². The minimum Gasteiger partial charge on any atom is -0.146 e. The molecule has 0 amide bonds. The second kappa shape index (κ2) is 3.88.